The summed E-state index contributed by atoms with van der Waals surface area (Å²) in [5, 5.41) is 5.94. The van der Waals surface area contributed by atoms with Crippen LogP contribution in [0, 0.1) is 5.92 Å². The Morgan fingerprint density at radius 2 is 2.10 bits per heavy atom. The maximum atomic E-state index is 12.2. The first-order valence-electron chi connectivity index (χ1n) is 6.74. The number of halogens is 4. The van der Waals surface area contributed by atoms with Crippen molar-refractivity contribution >= 4 is 18.3 Å². The average Bonchev–Trinajstić information content (AvgIpc) is 2.94. The zero-order chi connectivity index (χ0) is 13.9. The van der Waals surface area contributed by atoms with Crippen LogP contribution in [-0.2, 0) is 4.79 Å². The summed E-state index contributed by atoms with van der Waals surface area (Å²) < 4.78 is 36.7. The summed E-state index contributed by atoms with van der Waals surface area (Å²) in [4.78, 5) is 13.2. The number of hydrogen-bond donors (Lipinski definition) is 2. The summed E-state index contributed by atoms with van der Waals surface area (Å²) in [6, 6.07) is -0.118. The topological polar surface area (TPSA) is 44.4 Å². The molecular weight excluding hydrogens is 295 g/mol. The molecule has 0 radical (unpaired) electrons. The summed E-state index contributed by atoms with van der Waals surface area (Å²) >= 11 is 0. The second kappa shape index (κ2) is 7.47. The van der Waals surface area contributed by atoms with Gasteiger partial charge in [0.2, 0.25) is 5.91 Å². The number of rotatable bonds is 4. The molecular formula is C12H21ClF3N3O. The molecule has 118 valence electrons. The van der Waals surface area contributed by atoms with Crippen molar-refractivity contribution in [2.45, 2.75) is 31.5 Å². The second-order valence-corrected chi connectivity index (χ2v) is 5.40. The molecule has 2 N–H and O–H groups in total. The van der Waals surface area contributed by atoms with Crippen molar-refractivity contribution in [2.24, 2.45) is 5.92 Å². The Hall–Kier alpha value is -0.530. The molecule has 2 atom stereocenters. The average molecular weight is 316 g/mol. The minimum atomic E-state index is -4.13. The van der Waals surface area contributed by atoms with Gasteiger partial charge in [0.05, 0.1) is 12.6 Å². The maximum Gasteiger partial charge on any atom is 0.401 e. The highest BCUT2D eigenvalue weighted by Crippen LogP contribution is 2.22. The highest BCUT2D eigenvalue weighted by atomic mass is 35.5. The fourth-order valence-electron chi connectivity index (χ4n) is 2.75. The number of hydrogen-bond acceptors (Lipinski definition) is 3. The van der Waals surface area contributed by atoms with Gasteiger partial charge in [0.1, 0.15) is 0 Å². The number of nitrogens with zero attached hydrogens (tertiary/aromatic N) is 1. The molecule has 0 aromatic carbocycles. The molecule has 2 aliphatic rings. The standard InChI is InChI=1S/C12H20F3N3O.ClH/c13-12(14,15)8-18-5-3-9(7-18)6-17-11(19)10-2-1-4-16-10;/h9-10,16H,1-8H2,(H,17,19);1H. The normalized spacial score (nSPS) is 27.4. The van der Waals surface area contributed by atoms with Gasteiger partial charge in [-0.3, -0.25) is 9.69 Å². The van der Waals surface area contributed by atoms with E-state index in [1.54, 1.807) is 0 Å². The molecule has 2 aliphatic heterocycles. The van der Waals surface area contributed by atoms with Crippen LogP contribution in [-0.4, -0.2) is 55.7 Å². The molecule has 20 heavy (non-hydrogen) atoms. The molecule has 0 spiro atoms. The van der Waals surface area contributed by atoms with E-state index in [-0.39, 0.29) is 30.3 Å². The minimum absolute atomic E-state index is 0. The lowest BCUT2D eigenvalue weighted by Crippen LogP contribution is -2.42. The minimum Gasteiger partial charge on any atom is -0.354 e. The largest absolute Gasteiger partial charge is 0.401 e. The van der Waals surface area contributed by atoms with Gasteiger partial charge in [-0.15, -0.1) is 12.4 Å². The van der Waals surface area contributed by atoms with Crippen molar-refractivity contribution < 1.29 is 18.0 Å². The van der Waals surface area contributed by atoms with Crippen LogP contribution in [0.3, 0.4) is 0 Å². The highest BCUT2D eigenvalue weighted by molar-refractivity contribution is 5.85. The Labute approximate surface area is 122 Å². The zero-order valence-electron chi connectivity index (χ0n) is 11.2. The van der Waals surface area contributed by atoms with Crippen molar-refractivity contribution in [1.29, 1.82) is 0 Å². The van der Waals surface area contributed by atoms with E-state index in [1.807, 2.05) is 0 Å². The zero-order valence-corrected chi connectivity index (χ0v) is 12.0. The van der Waals surface area contributed by atoms with Crippen molar-refractivity contribution in [1.82, 2.24) is 15.5 Å². The molecule has 0 aromatic heterocycles. The van der Waals surface area contributed by atoms with Crippen LogP contribution in [0.1, 0.15) is 19.3 Å². The predicted octanol–water partition coefficient (Wildman–Crippen LogP) is 1.16. The Balaban J connectivity index is 0.00000200. The quantitative estimate of drug-likeness (QED) is 0.818. The van der Waals surface area contributed by atoms with Crippen LogP contribution in [0.15, 0.2) is 0 Å². The van der Waals surface area contributed by atoms with E-state index in [0.717, 1.165) is 19.4 Å². The Morgan fingerprint density at radius 3 is 2.70 bits per heavy atom. The molecule has 2 rings (SSSR count). The molecule has 0 aromatic rings. The molecule has 2 saturated heterocycles. The molecule has 2 unspecified atom stereocenters. The smallest absolute Gasteiger partial charge is 0.354 e. The van der Waals surface area contributed by atoms with E-state index in [9.17, 15) is 18.0 Å². The van der Waals surface area contributed by atoms with Crippen LogP contribution in [0.2, 0.25) is 0 Å². The lowest BCUT2D eigenvalue weighted by Gasteiger charge is -2.18. The number of amides is 1. The molecule has 8 heteroatoms. The van der Waals surface area contributed by atoms with Crippen LogP contribution in [0.25, 0.3) is 0 Å². The summed E-state index contributed by atoms with van der Waals surface area (Å²) in [5.41, 5.74) is 0. The first-order valence-corrected chi connectivity index (χ1v) is 6.74. The third kappa shape index (κ3) is 5.46. The fourth-order valence-corrected chi connectivity index (χ4v) is 2.75. The number of carbonyl (C=O) groups is 1. The van der Waals surface area contributed by atoms with Gasteiger partial charge in [0.25, 0.3) is 0 Å². The lowest BCUT2D eigenvalue weighted by molar-refractivity contribution is -0.143. The number of alkyl halides is 3. The predicted molar refractivity (Wildman–Crippen MR) is 71.9 cm³/mol. The molecule has 0 saturated carbocycles. The summed E-state index contributed by atoms with van der Waals surface area (Å²) in [5.74, 6) is 0.111. The van der Waals surface area contributed by atoms with Crippen molar-refractivity contribution in [3.05, 3.63) is 0 Å². The lowest BCUT2D eigenvalue weighted by atomic mass is 10.1. The second-order valence-electron chi connectivity index (χ2n) is 5.40. The Kier molecular flexibility index (Phi) is 6.54. The van der Waals surface area contributed by atoms with Crippen molar-refractivity contribution in [3.8, 4) is 0 Å². The molecule has 1 amide bonds. The van der Waals surface area contributed by atoms with Gasteiger partial charge in [0, 0.05) is 13.1 Å². The van der Waals surface area contributed by atoms with Gasteiger partial charge in [-0.05, 0) is 38.3 Å². The van der Waals surface area contributed by atoms with Crippen molar-refractivity contribution in [2.75, 3.05) is 32.7 Å². The van der Waals surface area contributed by atoms with Crippen LogP contribution >= 0.6 is 12.4 Å². The van der Waals surface area contributed by atoms with Gasteiger partial charge < -0.3 is 10.6 Å². The Morgan fingerprint density at radius 1 is 1.35 bits per heavy atom. The molecule has 0 aliphatic carbocycles. The first kappa shape index (κ1) is 17.5. The van der Waals surface area contributed by atoms with Gasteiger partial charge in [-0.25, -0.2) is 0 Å². The van der Waals surface area contributed by atoms with Gasteiger partial charge in [-0.2, -0.15) is 13.2 Å². The molecule has 0 bridgehead atoms. The monoisotopic (exact) mass is 315 g/mol. The van der Waals surface area contributed by atoms with E-state index >= 15 is 0 Å². The molecule has 2 fully saturated rings. The van der Waals surface area contributed by atoms with Gasteiger partial charge in [0.15, 0.2) is 0 Å². The summed E-state index contributed by atoms with van der Waals surface area (Å²) in [6.45, 7) is 1.37. The van der Waals surface area contributed by atoms with Crippen molar-refractivity contribution in [3.63, 3.8) is 0 Å². The molecule has 4 nitrogen and oxygen atoms in total. The fraction of sp³-hybridized carbons (Fsp3) is 0.917. The SMILES string of the molecule is Cl.O=C(NCC1CCN(CC(F)(F)F)C1)C1CCCN1. The summed E-state index contributed by atoms with van der Waals surface area (Å²) in [6.07, 6.45) is -1.57. The Bertz CT molecular complexity index is 322. The van der Waals surface area contributed by atoms with E-state index in [4.69, 9.17) is 0 Å². The summed E-state index contributed by atoms with van der Waals surface area (Å²) in [7, 11) is 0. The third-order valence-electron chi connectivity index (χ3n) is 3.71. The van der Waals surface area contributed by atoms with Crippen LogP contribution in [0.4, 0.5) is 13.2 Å². The molecule has 2 heterocycles. The highest BCUT2D eigenvalue weighted by Gasteiger charge is 2.34. The van der Waals surface area contributed by atoms with Crippen LogP contribution in [0.5, 0.6) is 0 Å². The van der Waals surface area contributed by atoms with Gasteiger partial charge in [-0.1, -0.05) is 0 Å². The van der Waals surface area contributed by atoms with E-state index in [0.29, 0.717) is 26.1 Å². The maximum absolute atomic E-state index is 12.2. The van der Waals surface area contributed by atoms with E-state index in [1.165, 1.54) is 4.90 Å². The van der Waals surface area contributed by atoms with Gasteiger partial charge >= 0.3 is 6.18 Å². The van der Waals surface area contributed by atoms with Crippen LogP contribution < -0.4 is 10.6 Å². The number of carbonyl (C=O) groups excluding carboxylic acids is 1. The third-order valence-corrected chi connectivity index (χ3v) is 3.71. The number of nitrogens with one attached hydrogen (secondary N) is 2. The first-order chi connectivity index (χ1) is 8.94. The van der Waals surface area contributed by atoms with E-state index < -0.39 is 12.7 Å². The van der Waals surface area contributed by atoms with E-state index in [2.05, 4.69) is 10.6 Å². The number of likely N-dealkylation sites (tertiary alicyclic amines) is 1.